The van der Waals surface area contributed by atoms with Crippen LogP contribution in [0.2, 0.25) is 0 Å². The summed E-state index contributed by atoms with van der Waals surface area (Å²) in [4.78, 5) is 14.6. The lowest BCUT2D eigenvalue weighted by molar-refractivity contribution is -0.136. The highest BCUT2D eigenvalue weighted by Crippen LogP contribution is 2.27. The van der Waals surface area contributed by atoms with Gasteiger partial charge >= 0.3 is 0 Å². The minimum Gasteiger partial charge on any atom is -0.342 e. The van der Waals surface area contributed by atoms with Crippen molar-refractivity contribution in [1.82, 2.24) is 4.90 Å². The molecule has 0 saturated heterocycles. The zero-order valence-electron chi connectivity index (χ0n) is 12.4. The highest BCUT2D eigenvalue weighted by Gasteiger charge is 2.26. The van der Waals surface area contributed by atoms with E-state index in [2.05, 4.69) is 19.1 Å². The second-order valence-electron chi connectivity index (χ2n) is 5.80. The van der Waals surface area contributed by atoms with Gasteiger partial charge in [0, 0.05) is 19.6 Å². The van der Waals surface area contributed by atoms with Crippen LogP contribution in [0.25, 0.3) is 0 Å². The molecular formula is C17H26N2O. The SMILES string of the molecule is CCN(CC1CCC1)C(=O)C(CN)Cc1ccccc1. The van der Waals surface area contributed by atoms with Gasteiger partial charge in [-0.1, -0.05) is 36.8 Å². The fraction of sp³-hybridized carbons (Fsp3) is 0.588. The first kappa shape index (κ1) is 15.0. The zero-order chi connectivity index (χ0) is 14.4. The maximum absolute atomic E-state index is 12.6. The maximum atomic E-state index is 12.6. The van der Waals surface area contributed by atoms with E-state index in [0.29, 0.717) is 12.5 Å². The Bertz CT molecular complexity index is 414. The Morgan fingerprint density at radius 2 is 2.05 bits per heavy atom. The summed E-state index contributed by atoms with van der Waals surface area (Å²) in [5, 5.41) is 0. The molecule has 1 unspecified atom stereocenters. The first-order chi connectivity index (χ1) is 9.74. The van der Waals surface area contributed by atoms with E-state index in [1.165, 1.54) is 24.8 Å². The van der Waals surface area contributed by atoms with Crippen LogP contribution in [0.15, 0.2) is 30.3 Å². The van der Waals surface area contributed by atoms with Gasteiger partial charge in [0.2, 0.25) is 5.91 Å². The molecule has 0 aliphatic heterocycles. The molecule has 2 N–H and O–H groups in total. The summed E-state index contributed by atoms with van der Waals surface area (Å²) in [5.41, 5.74) is 7.03. The average Bonchev–Trinajstić information content (AvgIpc) is 2.44. The largest absolute Gasteiger partial charge is 0.342 e. The molecule has 20 heavy (non-hydrogen) atoms. The van der Waals surface area contributed by atoms with Crippen LogP contribution in [0.1, 0.15) is 31.7 Å². The third-order valence-corrected chi connectivity index (χ3v) is 4.36. The van der Waals surface area contributed by atoms with Gasteiger partial charge in [-0.2, -0.15) is 0 Å². The van der Waals surface area contributed by atoms with Gasteiger partial charge in [0.05, 0.1) is 5.92 Å². The molecule has 110 valence electrons. The molecule has 0 spiro atoms. The van der Waals surface area contributed by atoms with Gasteiger partial charge < -0.3 is 10.6 Å². The van der Waals surface area contributed by atoms with Gasteiger partial charge in [-0.15, -0.1) is 0 Å². The van der Waals surface area contributed by atoms with Crippen LogP contribution in [0, 0.1) is 11.8 Å². The lowest BCUT2D eigenvalue weighted by Crippen LogP contribution is -2.43. The van der Waals surface area contributed by atoms with Crippen LogP contribution < -0.4 is 5.73 Å². The van der Waals surface area contributed by atoms with E-state index in [4.69, 9.17) is 5.73 Å². The second-order valence-corrected chi connectivity index (χ2v) is 5.80. The second kappa shape index (κ2) is 7.44. The summed E-state index contributed by atoms with van der Waals surface area (Å²) in [5.74, 6) is 0.859. The quantitative estimate of drug-likeness (QED) is 0.830. The van der Waals surface area contributed by atoms with Gasteiger partial charge in [0.25, 0.3) is 0 Å². The molecule has 1 aliphatic carbocycles. The normalized spacial score (nSPS) is 16.5. The maximum Gasteiger partial charge on any atom is 0.227 e. The van der Waals surface area contributed by atoms with E-state index in [-0.39, 0.29) is 11.8 Å². The van der Waals surface area contributed by atoms with Crippen LogP contribution in [-0.4, -0.2) is 30.4 Å². The molecule has 1 saturated carbocycles. The number of carbonyl (C=O) groups excluding carboxylic acids is 1. The van der Waals surface area contributed by atoms with Crippen molar-refractivity contribution >= 4 is 5.91 Å². The monoisotopic (exact) mass is 274 g/mol. The zero-order valence-corrected chi connectivity index (χ0v) is 12.4. The van der Waals surface area contributed by atoms with E-state index >= 15 is 0 Å². The molecule has 3 heteroatoms. The van der Waals surface area contributed by atoms with Gasteiger partial charge in [-0.3, -0.25) is 4.79 Å². The van der Waals surface area contributed by atoms with E-state index in [1.807, 2.05) is 23.1 Å². The Kier molecular flexibility index (Phi) is 5.60. The first-order valence-electron chi connectivity index (χ1n) is 7.77. The number of nitrogens with two attached hydrogens (primary N) is 1. The highest BCUT2D eigenvalue weighted by molar-refractivity contribution is 5.79. The summed E-state index contributed by atoms with van der Waals surface area (Å²) in [7, 11) is 0. The van der Waals surface area contributed by atoms with E-state index < -0.39 is 0 Å². The number of hydrogen-bond donors (Lipinski definition) is 1. The number of benzene rings is 1. The van der Waals surface area contributed by atoms with Crippen LogP contribution in [-0.2, 0) is 11.2 Å². The Balaban J connectivity index is 1.95. The molecule has 0 bridgehead atoms. The van der Waals surface area contributed by atoms with Crippen molar-refractivity contribution in [1.29, 1.82) is 0 Å². The number of amides is 1. The Labute approximate surface area is 122 Å². The molecule has 0 aromatic heterocycles. The molecule has 1 fully saturated rings. The van der Waals surface area contributed by atoms with Crippen LogP contribution in [0.4, 0.5) is 0 Å². The minimum atomic E-state index is -0.0857. The van der Waals surface area contributed by atoms with Crippen molar-refractivity contribution in [2.45, 2.75) is 32.6 Å². The summed E-state index contributed by atoms with van der Waals surface area (Å²) >= 11 is 0. The molecule has 0 radical (unpaired) electrons. The molecule has 2 rings (SSSR count). The molecule has 1 atom stereocenters. The lowest BCUT2D eigenvalue weighted by atomic mass is 9.85. The summed E-state index contributed by atoms with van der Waals surface area (Å²) in [6.45, 7) is 4.20. The minimum absolute atomic E-state index is 0.0857. The van der Waals surface area contributed by atoms with Gasteiger partial charge in [0.15, 0.2) is 0 Å². The standard InChI is InChI=1S/C17H26N2O/c1-2-19(13-15-9-6-10-15)17(20)16(12-18)11-14-7-4-3-5-8-14/h3-5,7-8,15-16H,2,6,9-13,18H2,1H3. The first-order valence-corrected chi connectivity index (χ1v) is 7.77. The fourth-order valence-electron chi connectivity index (χ4n) is 2.79. The molecular weight excluding hydrogens is 248 g/mol. The van der Waals surface area contributed by atoms with Crippen molar-refractivity contribution in [3.8, 4) is 0 Å². The van der Waals surface area contributed by atoms with Gasteiger partial charge in [0.1, 0.15) is 0 Å². The van der Waals surface area contributed by atoms with E-state index in [1.54, 1.807) is 0 Å². The van der Waals surface area contributed by atoms with Crippen LogP contribution in [0.5, 0.6) is 0 Å². The molecule has 0 heterocycles. The summed E-state index contributed by atoms with van der Waals surface area (Å²) in [6, 6.07) is 10.2. The molecule has 3 nitrogen and oxygen atoms in total. The average molecular weight is 274 g/mol. The van der Waals surface area contributed by atoms with E-state index in [9.17, 15) is 4.79 Å². The van der Waals surface area contributed by atoms with Crippen LogP contribution >= 0.6 is 0 Å². The lowest BCUT2D eigenvalue weighted by Gasteiger charge is -2.33. The number of rotatable bonds is 7. The molecule has 1 aromatic carbocycles. The molecule has 1 aromatic rings. The fourth-order valence-corrected chi connectivity index (χ4v) is 2.79. The molecule has 1 amide bonds. The highest BCUT2D eigenvalue weighted by atomic mass is 16.2. The summed E-state index contributed by atoms with van der Waals surface area (Å²) in [6.07, 6.45) is 4.61. The molecule has 1 aliphatic rings. The third kappa shape index (κ3) is 3.83. The third-order valence-electron chi connectivity index (χ3n) is 4.36. The van der Waals surface area contributed by atoms with Crippen LogP contribution in [0.3, 0.4) is 0 Å². The number of carbonyl (C=O) groups is 1. The smallest absolute Gasteiger partial charge is 0.227 e. The van der Waals surface area contributed by atoms with E-state index in [0.717, 1.165) is 19.5 Å². The van der Waals surface area contributed by atoms with Gasteiger partial charge in [-0.05, 0) is 37.7 Å². The number of hydrogen-bond acceptors (Lipinski definition) is 2. The predicted octanol–water partition coefficient (Wildman–Crippen LogP) is 2.45. The Hall–Kier alpha value is -1.35. The summed E-state index contributed by atoms with van der Waals surface area (Å²) < 4.78 is 0. The van der Waals surface area contributed by atoms with Crippen molar-refractivity contribution in [2.75, 3.05) is 19.6 Å². The van der Waals surface area contributed by atoms with Crippen molar-refractivity contribution in [2.24, 2.45) is 17.6 Å². The Morgan fingerprint density at radius 3 is 2.55 bits per heavy atom. The predicted molar refractivity (Wildman–Crippen MR) is 82.3 cm³/mol. The van der Waals surface area contributed by atoms with Crippen molar-refractivity contribution in [3.63, 3.8) is 0 Å². The van der Waals surface area contributed by atoms with Crippen molar-refractivity contribution < 1.29 is 4.79 Å². The van der Waals surface area contributed by atoms with Gasteiger partial charge in [-0.25, -0.2) is 0 Å². The van der Waals surface area contributed by atoms with Crippen molar-refractivity contribution in [3.05, 3.63) is 35.9 Å². The number of nitrogens with zero attached hydrogens (tertiary/aromatic N) is 1. The topological polar surface area (TPSA) is 46.3 Å². The Morgan fingerprint density at radius 1 is 1.35 bits per heavy atom.